The molecule has 0 atom stereocenters. The van der Waals surface area contributed by atoms with Gasteiger partial charge in [-0.1, -0.05) is 34.1 Å². The molecule has 0 unspecified atom stereocenters. The Morgan fingerprint density at radius 3 is 2.79 bits per heavy atom. The maximum absolute atomic E-state index is 11.6. The zero-order valence-electron chi connectivity index (χ0n) is 10.2. The molecule has 1 amide bonds. The number of hydrogen-bond acceptors (Lipinski definition) is 2. The quantitative estimate of drug-likeness (QED) is 0.522. The molecule has 0 aliphatic heterocycles. The molecule has 0 aliphatic carbocycles. The van der Waals surface area contributed by atoms with E-state index < -0.39 is 0 Å². The van der Waals surface area contributed by atoms with E-state index in [-0.39, 0.29) is 12.5 Å². The molecule has 1 heterocycles. The van der Waals surface area contributed by atoms with E-state index in [1.54, 1.807) is 10.8 Å². The van der Waals surface area contributed by atoms with Crippen molar-refractivity contribution in [3.05, 3.63) is 64.9 Å². The van der Waals surface area contributed by atoms with Gasteiger partial charge in [-0.25, -0.2) is 5.43 Å². The summed E-state index contributed by atoms with van der Waals surface area (Å²) in [4.78, 5) is 11.6. The number of benzene rings is 1. The predicted octanol–water partition coefficient (Wildman–Crippen LogP) is 1.89. The van der Waals surface area contributed by atoms with Gasteiger partial charge in [0.25, 0.3) is 0 Å². The summed E-state index contributed by atoms with van der Waals surface area (Å²) in [7, 11) is 0. The molecule has 2 rings (SSSR count). The van der Waals surface area contributed by atoms with Crippen LogP contribution in [-0.4, -0.2) is 12.1 Å². The number of pyridine rings is 1. The van der Waals surface area contributed by atoms with Gasteiger partial charge in [0.05, 0.1) is 6.21 Å². The maximum Gasteiger partial charge on any atom is 0.305 e. The third-order valence-electron chi connectivity index (χ3n) is 2.36. The summed E-state index contributed by atoms with van der Waals surface area (Å²) in [6.45, 7) is 0.247. The van der Waals surface area contributed by atoms with Crippen molar-refractivity contribution in [2.75, 3.05) is 0 Å². The molecule has 0 aliphatic rings. The lowest BCUT2D eigenvalue weighted by molar-refractivity contribution is -0.684. The smallest absolute Gasteiger partial charge is 0.266 e. The lowest BCUT2D eigenvalue weighted by Crippen LogP contribution is -2.40. The topological polar surface area (TPSA) is 45.3 Å². The van der Waals surface area contributed by atoms with E-state index in [1.165, 1.54) is 0 Å². The molecule has 0 saturated heterocycles. The first kappa shape index (κ1) is 13.4. The highest BCUT2D eigenvalue weighted by molar-refractivity contribution is 9.10. The van der Waals surface area contributed by atoms with E-state index in [0.717, 1.165) is 10.0 Å². The van der Waals surface area contributed by atoms with Gasteiger partial charge in [-0.05, 0) is 17.7 Å². The molecule has 1 aromatic carbocycles. The van der Waals surface area contributed by atoms with Crippen LogP contribution in [0.2, 0.25) is 0 Å². The third kappa shape index (κ3) is 4.63. The van der Waals surface area contributed by atoms with Crippen LogP contribution in [0.1, 0.15) is 5.56 Å². The zero-order valence-corrected chi connectivity index (χ0v) is 11.7. The van der Waals surface area contributed by atoms with Gasteiger partial charge < -0.3 is 0 Å². The maximum atomic E-state index is 11.6. The summed E-state index contributed by atoms with van der Waals surface area (Å²) in [5.41, 5.74) is 3.41. The van der Waals surface area contributed by atoms with Crippen molar-refractivity contribution in [2.45, 2.75) is 6.54 Å². The summed E-state index contributed by atoms with van der Waals surface area (Å²) >= 11 is 3.37. The molecular formula is C14H13BrN3O+. The second-order valence-electron chi connectivity index (χ2n) is 3.90. The largest absolute Gasteiger partial charge is 0.305 e. The predicted molar refractivity (Wildman–Crippen MR) is 76.5 cm³/mol. The van der Waals surface area contributed by atoms with Crippen molar-refractivity contribution < 1.29 is 9.36 Å². The second-order valence-corrected chi connectivity index (χ2v) is 4.81. The normalized spacial score (nSPS) is 10.6. The van der Waals surface area contributed by atoms with Gasteiger partial charge >= 0.3 is 5.91 Å². The highest BCUT2D eigenvalue weighted by Crippen LogP contribution is 2.09. The number of carbonyl (C=O) groups is 1. The van der Waals surface area contributed by atoms with Crippen molar-refractivity contribution in [2.24, 2.45) is 5.10 Å². The standard InChI is InChI=1S/C14H12BrN3O/c15-13-6-4-5-12(9-13)10-16-17-14(19)11-18-7-2-1-3-8-18/h1-10H,11H2/p+1/b16-10+. The van der Waals surface area contributed by atoms with Gasteiger partial charge in [-0.2, -0.15) is 9.67 Å². The minimum absolute atomic E-state index is 0.164. The van der Waals surface area contributed by atoms with Crippen molar-refractivity contribution in [3.8, 4) is 0 Å². The second kappa shape index (κ2) is 6.80. The number of aromatic nitrogens is 1. The van der Waals surface area contributed by atoms with Gasteiger partial charge in [0.2, 0.25) is 6.54 Å². The highest BCUT2D eigenvalue weighted by atomic mass is 79.9. The molecule has 0 saturated carbocycles. The van der Waals surface area contributed by atoms with E-state index in [9.17, 15) is 4.79 Å². The van der Waals surface area contributed by atoms with Gasteiger partial charge in [-0.15, -0.1) is 0 Å². The average molecular weight is 319 g/mol. The SMILES string of the molecule is O=C(C[n+]1ccccc1)N/N=C/c1cccc(Br)c1. The number of rotatable bonds is 4. The Hall–Kier alpha value is -2.01. The highest BCUT2D eigenvalue weighted by Gasteiger charge is 2.06. The first-order chi connectivity index (χ1) is 9.24. The molecule has 1 N–H and O–H groups in total. The lowest BCUT2D eigenvalue weighted by Gasteiger charge is -1.97. The molecule has 2 aromatic rings. The minimum atomic E-state index is -0.164. The molecule has 0 fully saturated rings. The van der Waals surface area contributed by atoms with Crippen LogP contribution in [-0.2, 0) is 11.3 Å². The monoisotopic (exact) mass is 318 g/mol. The Morgan fingerprint density at radius 1 is 1.26 bits per heavy atom. The molecular weight excluding hydrogens is 306 g/mol. The average Bonchev–Trinajstić information content (AvgIpc) is 2.40. The summed E-state index contributed by atoms with van der Waals surface area (Å²) in [5, 5.41) is 3.92. The van der Waals surface area contributed by atoms with E-state index >= 15 is 0 Å². The molecule has 5 heteroatoms. The van der Waals surface area contributed by atoms with Crippen LogP contribution < -0.4 is 9.99 Å². The zero-order chi connectivity index (χ0) is 13.5. The Kier molecular flexibility index (Phi) is 4.80. The van der Waals surface area contributed by atoms with Crippen molar-refractivity contribution >= 4 is 28.1 Å². The Morgan fingerprint density at radius 2 is 2.05 bits per heavy atom. The fourth-order valence-electron chi connectivity index (χ4n) is 1.51. The van der Waals surface area contributed by atoms with Crippen LogP contribution in [0.5, 0.6) is 0 Å². The number of carbonyl (C=O) groups excluding carboxylic acids is 1. The fraction of sp³-hybridized carbons (Fsp3) is 0.0714. The van der Waals surface area contributed by atoms with Crippen molar-refractivity contribution in [3.63, 3.8) is 0 Å². The van der Waals surface area contributed by atoms with Crippen LogP contribution >= 0.6 is 15.9 Å². The van der Waals surface area contributed by atoms with Gasteiger partial charge in [0.15, 0.2) is 12.4 Å². The van der Waals surface area contributed by atoms with Crippen molar-refractivity contribution in [1.82, 2.24) is 5.43 Å². The van der Waals surface area contributed by atoms with E-state index in [0.29, 0.717) is 0 Å². The third-order valence-corrected chi connectivity index (χ3v) is 2.85. The molecule has 4 nitrogen and oxygen atoms in total. The molecule has 0 bridgehead atoms. The first-order valence-electron chi connectivity index (χ1n) is 5.75. The van der Waals surface area contributed by atoms with Crippen LogP contribution in [0.4, 0.5) is 0 Å². The Balaban J connectivity index is 1.87. The summed E-state index contributed by atoms with van der Waals surface area (Å²) in [5.74, 6) is -0.164. The number of nitrogens with zero attached hydrogens (tertiary/aromatic N) is 2. The molecule has 0 spiro atoms. The number of nitrogens with one attached hydrogen (secondary N) is 1. The minimum Gasteiger partial charge on any atom is -0.266 e. The summed E-state index contributed by atoms with van der Waals surface area (Å²) < 4.78 is 2.76. The first-order valence-corrected chi connectivity index (χ1v) is 6.55. The molecule has 19 heavy (non-hydrogen) atoms. The Bertz CT molecular complexity index is 584. The van der Waals surface area contributed by atoms with Crippen molar-refractivity contribution in [1.29, 1.82) is 0 Å². The van der Waals surface area contributed by atoms with Crippen LogP contribution in [0, 0.1) is 0 Å². The number of hydrazone groups is 1. The van der Waals surface area contributed by atoms with Crippen LogP contribution in [0.3, 0.4) is 0 Å². The van der Waals surface area contributed by atoms with E-state index in [1.807, 2.05) is 54.9 Å². The Labute approximate surface area is 119 Å². The summed E-state index contributed by atoms with van der Waals surface area (Å²) in [6, 6.07) is 13.3. The van der Waals surface area contributed by atoms with Gasteiger partial charge in [0, 0.05) is 16.6 Å². The molecule has 96 valence electrons. The summed E-state index contributed by atoms with van der Waals surface area (Å²) in [6.07, 6.45) is 5.27. The molecule has 0 radical (unpaired) electrons. The van der Waals surface area contributed by atoms with Gasteiger partial charge in [-0.3, -0.25) is 4.79 Å². The van der Waals surface area contributed by atoms with E-state index in [2.05, 4.69) is 26.5 Å². The molecule has 1 aromatic heterocycles. The van der Waals surface area contributed by atoms with E-state index in [4.69, 9.17) is 0 Å². The number of amides is 1. The van der Waals surface area contributed by atoms with Crippen LogP contribution in [0.15, 0.2) is 64.4 Å². The van der Waals surface area contributed by atoms with Crippen LogP contribution in [0.25, 0.3) is 0 Å². The number of halogens is 1. The number of hydrogen-bond donors (Lipinski definition) is 1. The van der Waals surface area contributed by atoms with Gasteiger partial charge in [0.1, 0.15) is 0 Å². The fourth-order valence-corrected chi connectivity index (χ4v) is 1.92. The lowest BCUT2D eigenvalue weighted by atomic mass is 10.2.